The molecule has 3 rings (SSSR count). The van der Waals surface area contributed by atoms with Crippen molar-refractivity contribution in [3.05, 3.63) is 57.8 Å². The third-order valence-electron chi connectivity index (χ3n) is 4.77. The summed E-state index contributed by atoms with van der Waals surface area (Å²) in [6.07, 6.45) is 6.75. The Hall–Kier alpha value is -1.23. The summed E-state index contributed by atoms with van der Waals surface area (Å²) in [5.41, 5.74) is 1.63. The minimum absolute atomic E-state index is 0.0693. The first-order valence-electron chi connectivity index (χ1n) is 8.80. The molecule has 6 heteroatoms. The van der Waals surface area contributed by atoms with Crippen molar-refractivity contribution in [2.45, 2.75) is 55.8 Å². The molecule has 0 bridgehead atoms. The molecule has 3 nitrogen and oxygen atoms in total. The fourth-order valence-electron chi connectivity index (χ4n) is 3.43. The molecule has 1 aromatic carbocycles. The number of hydrogen-bond acceptors (Lipinski definition) is 3. The zero-order valence-electron chi connectivity index (χ0n) is 14.9. The summed E-state index contributed by atoms with van der Waals surface area (Å²) < 4.78 is 0. The van der Waals surface area contributed by atoms with Crippen LogP contribution in [-0.2, 0) is 5.75 Å². The summed E-state index contributed by atoms with van der Waals surface area (Å²) in [5, 5.41) is 1.28. The lowest BCUT2D eigenvalue weighted by Crippen LogP contribution is -2.47. The van der Waals surface area contributed by atoms with E-state index in [1.54, 1.807) is 24.2 Å². The Kier molecular flexibility index (Phi) is 6.49. The number of rotatable bonds is 4. The van der Waals surface area contributed by atoms with Crippen LogP contribution in [-0.4, -0.2) is 27.9 Å². The molecule has 1 aliphatic heterocycles. The zero-order chi connectivity index (χ0) is 18.7. The number of carbonyl (C=O) groups excluding carboxylic acids is 1. The van der Waals surface area contributed by atoms with E-state index in [1.807, 2.05) is 29.2 Å². The van der Waals surface area contributed by atoms with Crippen molar-refractivity contribution in [3.8, 4) is 0 Å². The molecule has 1 aliphatic rings. The fourth-order valence-corrected chi connectivity index (χ4v) is 5.04. The molecule has 0 spiro atoms. The first-order valence-corrected chi connectivity index (χ1v) is 10.5. The largest absolute Gasteiger partial charge is 0.333 e. The monoisotopic (exact) mass is 408 g/mol. The molecule has 26 heavy (non-hydrogen) atoms. The highest BCUT2D eigenvalue weighted by atomic mass is 35.5. The Morgan fingerprint density at radius 1 is 1.19 bits per heavy atom. The lowest BCUT2D eigenvalue weighted by atomic mass is 9.96. The highest BCUT2D eigenvalue weighted by molar-refractivity contribution is 7.98. The van der Waals surface area contributed by atoms with E-state index in [-0.39, 0.29) is 18.0 Å². The second-order valence-electron chi connectivity index (χ2n) is 6.76. The van der Waals surface area contributed by atoms with E-state index in [0.29, 0.717) is 21.4 Å². The number of aromatic nitrogens is 1. The van der Waals surface area contributed by atoms with Gasteiger partial charge in [-0.15, -0.1) is 11.8 Å². The van der Waals surface area contributed by atoms with Crippen LogP contribution in [0.25, 0.3) is 0 Å². The van der Waals surface area contributed by atoms with Crippen LogP contribution in [0.4, 0.5) is 0 Å². The number of piperidine rings is 1. The summed E-state index contributed by atoms with van der Waals surface area (Å²) in [6.45, 7) is 4.25. The highest BCUT2D eigenvalue weighted by Crippen LogP contribution is 2.35. The van der Waals surface area contributed by atoms with E-state index in [2.05, 4.69) is 18.8 Å². The van der Waals surface area contributed by atoms with Gasteiger partial charge in [0.05, 0.1) is 15.6 Å². The van der Waals surface area contributed by atoms with Crippen LogP contribution < -0.4 is 0 Å². The van der Waals surface area contributed by atoms with Crippen molar-refractivity contribution in [1.29, 1.82) is 0 Å². The van der Waals surface area contributed by atoms with E-state index in [9.17, 15) is 4.79 Å². The van der Waals surface area contributed by atoms with Crippen molar-refractivity contribution in [1.82, 2.24) is 9.88 Å². The van der Waals surface area contributed by atoms with Gasteiger partial charge in [0.25, 0.3) is 5.91 Å². The van der Waals surface area contributed by atoms with Crippen molar-refractivity contribution in [2.24, 2.45) is 0 Å². The Balaban J connectivity index is 1.75. The van der Waals surface area contributed by atoms with Crippen LogP contribution >= 0.6 is 35.0 Å². The van der Waals surface area contributed by atoms with E-state index in [1.165, 1.54) is 6.42 Å². The van der Waals surface area contributed by atoms with Crippen LogP contribution in [0.1, 0.15) is 49.0 Å². The maximum atomic E-state index is 13.0. The molecule has 1 saturated heterocycles. The molecular weight excluding hydrogens is 387 g/mol. The summed E-state index contributed by atoms with van der Waals surface area (Å²) in [4.78, 5) is 20.1. The highest BCUT2D eigenvalue weighted by Gasteiger charge is 2.29. The number of thioether (sulfide) groups is 1. The molecule has 0 radical (unpaired) electrons. The lowest BCUT2D eigenvalue weighted by molar-refractivity contribution is 0.0510. The number of likely N-dealkylation sites (tertiary alicyclic amines) is 1. The first-order chi connectivity index (χ1) is 12.5. The number of carbonyl (C=O) groups is 1. The molecule has 2 aromatic rings. The maximum absolute atomic E-state index is 13.0. The predicted octanol–water partition coefficient (Wildman–Crippen LogP) is 6.08. The molecule has 2 heterocycles. The minimum atomic E-state index is 0.0693. The molecule has 0 saturated carbocycles. The van der Waals surface area contributed by atoms with Gasteiger partial charge in [0, 0.05) is 35.1 Å². The van der Waals surface area contributed by atoms with Crippen LogP contribution in [0, 0.1) is 0 Å². The Labute approximate surface area is 169 Å². The lowest BCUT2D eigenvalue weighted by Gasteiger charge is -2.39. The number of hydrogen-bond donors (Lipinski definition) is 0. The van der Waals surface area contributed by atoms with Crippen molar-refractivity contribution in [3.63, 3.8) is 0 Å². The molecule has 0 N–H and O–H groups in total. The summed E-state index contributed by atoms with van der Waals surface area (Å²) in [5.74, 6) is 0.725. The average molecular weight is 409 g/mol. The predicted molar refractivity (Wildman–Crippen MR) is 109 cm³/mol. The van der Waals surface area contributed by atoms with Gasteiger partial charge < -0.3 is 4.90 Å². The topological polar surface area (TPSA) is 33.2 Å². The number of pyridine rings is 1. The molecule has 2 atom stereocenters. The van der Waals surface area contributed by atoms with Gasteiger partial charge in [-0.3, -0.25) is 9.78 Å². The summed E-state index contributed by atoms with van der Waals surface area (Å²) >= 11 is 14.0. The van der Waals surface area contributed by atoms with Gasteiger partial charge in [0.2, 0.25) is 0 Å². The Morgan fingerprint density at radius 3 is 2.50 bits per heavy atom. The van der Waals surface area contributed by atoms with Crippen LogP contribution in [0.2, 0.25) is 10.0 Å². The maximum Gasteiger partial charge on any atom is 0.255 e. The molecule has 138 valence electrons. The van der Waals surface area contributed by atoms with Gasteiger partial charge in [-0.2, -0.15) is 0 Å². The molecular formula is C20H22Cl2N2OS. The van der Waals surface area contributed by atoms with Crippen LogP contribution in [0.15, 0.2) is 41.6 Å². The zero-order valence-corrected chi connectivity index (χ0v) is 17.2. The van der Waals surface area contributed by atoms with E-state index < -0.39 is 0 Å². The Bertz CT molecular complexity index is 769. The standard InChI is InChI=1S/C20H22Cl2N2OS/c1-13-5-3-6-14(2)24(13)20(25)16-9-15(10-23-11-16)12-26-19-17(21)7-4-8-18(19)22/h4,7-11,13-14H,3,5-6,12H2,1-2H3. The van der Waals surface area contributed by atoms with Gasteiger partial charge in [-0.25, -0.2) is 0 Å². The van der Waals surface area contributed by atoms with Crippen molar-refractivity contribution in [2.75, 3.05) is 0 Å². The van der Waals surface area contributed by atoms with E-state index >= 15 is 0 Å². The van der Waals surface area contributed by atoms with Crippen LogP contribution in [0.3, 0.4) is 0 Å². The molecule has 0 aliphatic carbocycles. The SMILES string of the molecule is CC1CCCC(C)N1C(=O)c1cncc(CSc2c(Cl)cccc2Cl)c1. The normalized spacial score (nSPS) is 20.2. The van der Waals surface area contributed by atoms with Gasteiger partial charge in [0.15, 0.2) is 0 Å². The third kappa shape index (κ3) is 4.36. The van der Waals surface area contributed by atoms with Gasteiger partial charge in [-0.1, -0.05) is 29.3 Å². The number of amides is 1. The van der Waals surface area contributed by atoms with Gasteiger partial charge >= 0.3 is 0 Å². The summed E-state index contributed by atoms with van der Waals surface area (Å²) in [7, 11) is 0. The molecule has 1 amide bonds. The molecule has 1 aromatic heterocycles. The van der Waals surface area contributed by atoms with E-state index in [4.69, 9.17) is 23.2 Å². The van der Waals surface area contributed by atoms with Gasteiger partial charge in [-0.05, 0) is 56.9 Å². The first kappa shape index (κ1) is 19.5. The smallest absolute Gasteiger partial charge is 0.255 e. The van der Waals surface area contributed by atoms with Crippen molar-refractivity contribution < 1.29 is 4.79 Å². The fraction of sp³-hybridized carbons (Fsp3) is 0.400. The van der Waals surface area contributed by atoms with Crippen molar-refractivity contribution >= 4 is 40.9 Å². The summed E-state index contributed by atoms with van der Waals surface area (Å²) in [6, 6.07) is 7.95. The number of halogens is 2. The van der Waals surface area contributed by atoms with Gasteiger partial charge in [0.1, 0.15) is 0 Å². The Morgan fingerprint density at radius 2 is 1.85 bits per heavy atom. The second kappa shape index (κ2) is 8.64. The van der Waals surface area contributed by atoms with E-state index in [0.717, 1.165) is 23.3 Å². The third-order valence-corrected chi connectivity index (χ3v) is 6.83. The minimum Gasteiger partial charge on any atom is -0.333 e. The molecule has 1 fully saturated rings. The number of nitrogens with zero attached hydrogens (tertiary/aromatic N) is 2. The average Bonchev–Trinajstić information content (AvgIpc) is 2.61. The van der Waals surface area contributed by atoms with Crippen LogP contribution in [0.5, 0.6) is 0 Å². The second-order valence-corrected chi connectivity index (χ2v) is 8.56. The molecule has 2 unspecified atom stereocenters. The quantitative estimate of drug-likeness (QED) is 0.574. The number of benzene rings is 1.